The predicted molar refractivity (Wildman–Crippen MR) is 66.7 cm³/mol. The quantitative estimate of drug-likeness (QED) is 0.803. The molecule has 0 aliphatic carbocycles. The van der Waals surface area contributed by atoms with E-state index in [1.165, 1.54) is 0 Å². The van der Waals surface area contributed by atoms with Gasteiger partial charge in [0.1, 0.15) is 0 Å². The van der Waals surface area contributed by atoms with Gasteiger partial charge in [-0.2, -0.15) is 0 Å². The van der Waals surface area contributed by atoms with E-state index in [2.05, 4.69) is 37.1 Å². The van der Waals surface area contributed by atoms with Crippen molar-refractivity contribution in [1.29, 1.82) is 0 Å². The van der Waals surface area contributed by atoms with Gasteiger partial charge in [-0.1, -0.05) is 26.8 Å². The van der Waals surface area contributed by atoms with E-state index in [9.17, 15) is 0 Å². The van der Waals surface area contributed by atoms with Crippen molar-refractivity contribution in [2.75, 3.05) is 13.7 Å². The molecule has 0 amide bonds. The van der Waals surface area contributed by atoms with E-state index in [0.717, 1.165) is 24.4 Å². The SMILES string of the molecule is CCCNC(c1cccnc1OC)C(C)C. The fraction of sp³-hybridized carbons (Fsp3) is 0.615. The van der Waals surface area contributed by atoms with Gasteiger partial charge in [-0.3, -0.25) is 0 Å². The molecule has 1 atom stereocenters. The van der Waals surface area contributed by atoms with Crippen LogP contribution in [0.5, 0.6) is 5.88 Å². The van der Waals surface area contributed by atoms with Crippen molar-refractivity contribution in [3.05, 3.63) is 23.9 Å². The third-order valence-corrected chi connectivity index (χ3v) is 2.61. The van der Waals surface area contributed by atoms with Gasteiger partial charge >= 0.3 is 0 Å². The van der Waals surface area contributed by atoms with Gasteiger partial charge < -0.3 is 10.1 Å². The average molecular weight is 222 g/mol. The number of nitrogens with one attached hydrogen (secondary N) is 1. The molecule has 16 heavy (non-hydrogen) atoms. The molecule has 0 saturated heterocycles. The molecule has 1 unspecified atom stereocenters. The number of rotatable bonds is 6. The van der Waals surface area contributed by atoms with E-state index < -0.39 is 0 Å². The molecule has 0 spiro atoms. The number of methoxy groups -OCH3 is 1. The summed E-state index contributed by atoms with van der Waals surface area (Å²) in [5, 5.41) is 3.54. The zero-order valence-corrected chi connectivity index (χ0v) is 10.7. The molecule has 90 valence electrons. The molecule has 3 heteroatoms. The second-order valence-corrected chi connectivity index (χ2v) is 4.28. The van der Waals surface area contributed by atoms with E-state index in [4.69, 9.17) is 4.74 Å². The Bertz CT molecular complexity index is 313. The van der Waals surface area contributed by atoms with Crippen molar-refractivity contribution < 1.29 is 4.74 Å². The predicted octanol–water partition coefficient (Wildman–Crippen LogP) is 2.79. The fourth-order valence-electron chi connectivity index (χ4n) is 1.82. The van der Waals surface area contributed by atoms with Crippen LogP contribution in [0.15, 0.2) is 18.3 Å². The Morgan fingerprint density at radius 1 is 1.44 bits per heavy atom. The molecule has 1 rings (SSSR count). The summed E-state index contributed by atoms with van der Waals surface area (Å²) in [4.78, 5) is 4.25. The minimum atomic E-state index is 0.309. The van der Waals surface area contributed by atoms with Gasteiger partial charge in [0, 0.05) is 17.8 Å². The Labute approximate surface area is 98.2 Å². The number of hydrogen-bond acceptors (Lipinski definition) is 3. The molecule has 1 aromatic heterocycles. The first-order chi connectivity index (χ1) is 7.70. The molecule has 0 aromatic carbocycles. The number of hydrogen-bond donors (Lipinski definition) is 1. The lowest BCUT2D eigenvalue weighted by Crippen LogP contribution is -2.27. The third kappa shape index (κ3) is 3.20. The van der Waals surface area contributed by atoms with E-state index in [1.807, 2.05) is 6.07 Å². The first kappa shape index (κ1) is 13.0. The van der Waals surface area contributed by atoms with Crippen LogP contribution in [0.2, 0.25) is 0 Å². The van der Waals surface area contributed by atoms with Crippen LogP contribution in [0.25, 0.3) is 0 Å². The minimum Gasteiger partial charge on any atom is -0.481 e. The van der Waals surface area contributed by atoms with Crippen LogP contribution >= 0.6 is 0 Å². The molecule has 0 bridgehead atoms. The van der Waals surface area contributed by atoms with E-state index in [0.29, 0.717) is 12.0 Å². The smallest absolute Gasteiger partial charge is 0.217 e. The molecule has 3 nitrogen and oxygen atoms in total. The molecular weight excluding hydrogens is 200 g/mol. The zero-order valence-electron chi connectivity index (χ0n) is 10.7. The van der Waals surface area contributed by atoms with Crippen LogP contribution < -0.4 is 10.1 Å². The van der Waals surface area contributed by atoms with Gasteiger partial charge in [-0.05, 0) is 24.9 Å². The van der Waals surface area contributed by atoms with Crippen molar-refractivity contribution in [3.8, 4) is 5.88 Å². The van der Waals surface area contributed by atoms with Crippen molar-refractivity contribution in [2.24, 2.45) is 5.92 Å². The Morgan fingerprint density at radius 2 is 2.19 bits per heavy atom. The van der Waals surface area contributed by atoms with Gasteiger partial charge in [0.15, 0.2) is 0 Å². The number of nitrogens with zero attached hydrogens (tertiary/aromatic N) is 1. The second-order valence-electron chi connectivity index (χ2n) is 4.28. The topological polar surface area (TPSA) is 34.2 Å². The van der Waals surface area contributed by atoms with Crippen molar-refractivity contribution in [3.63, 3.8) is 0 Å². The largest absolute Gasteiger partial charge is 0.481 e. The molecule has 1 aromatic rings. The summed E-state index contributed by atoms with van der Waals surface area (Å²) in [7, 11) is 1.67. The van der Waals surface area contributed by atoms with Crippen LogP contribution in [0.4, 0.5) is 0 Å². The molecule has 0 aliphatic rings. The van der Waals surface area contributed by atoms with E-state index in [1.54, 1.807) is 13.3 Å². The van der Waals surface area contributed by atoms with Gasteiger partial charge in [0.05, 0.1) is 7.11 Å². The monoisotopic (exact) mass is 222 g/mol. The summed E-state index contributed by atoms with van der Waals surface area (Å²) in [5.74, 6) is 1.24. The molecule has 1 heterocycles. The highest BCUT2D eigenvalue weighted by molar-refractivity contribution is 5.29. The molecule has 0 radical (unpaired) electrons. The summed E-state index contributed by atoms with van der Waals surface area (Å²) >= 11 is 0. The first-order valence-corrected chi connectivity index (χ1v) is 5.93. The van der Waals surface area contributed by atoms with E-state index in [-0.39, 0.29) is 0 Å². The maximum absolute atomic E-state index is 5.31. The number of aromatic nitrogens is 1. The minimum absolute atomic E-state index is 0.309. The third-order valence-electron chi connectivity index (χ3n) is 2.61. The highest BCUT2D eigenvalue weighted by Gasteiger charge is 2.19. The Balaban J connectivity index is 2.91. The Hall–Kier alpha value is -1.09. The fourth-order valence-corrected chi connectivity index (χ4v) is 1.82. The summed E-state index contributed by atoms with van der Waals surface area (Å²) in [6.45, 7) is 7.60. The van der Waals surface area contributed by atoms with Crippen LogP contribution in [0.3, 0.4) is 0 Å². The standard InChI is InChI=1S/C13H22N2O/c1-5-8-14-12(10(2)3)11-7-6-9-15-13(11)16-4/h6-7,9-10,12,14H,5,8H2,1-4H3. The van der Waals surface area contributed by atoms with Crippen LogP contribution in [-0.4, -0.2) is 18.6 Å². The molecule has 0 fully saturated rings. The molecular formula is C13H22N2O. The average Bonchev–Trinajstić information content (AvgIpc) is 2.29. The molecule has 1 N–H and O–H groups in total. The Morgan fingerprint density at radius 3 is 2.75 bits per heavy atom. The van der Waals surface area contributed by atoms with Crippen LogP contribution in [-0.2, 0) is 0 Å². The van der Waals surface area contributed by atoms with Crippen molar-refractivity contribution in [1.82, 2.24) is 10.3 Å². The number of pyridine rings is 1. The van der Waals surface area contributed by atoms with Gasteiger partial charge in [0.2, 0.25) is 5.88 Å². The highest BCUT2D eigenvalue weighted by Crippen LogP contribution is 2.27. The maximum Gasteiger partial charge on any atom is 0.217 e. The van der Waals surface area contributed by atoms with Gasteiger partial charge in [-0.15, -0.1) is 0 Å². The van der Waals surface area contributed by atoms with E-state index >= 15 is 0 Å². The highest BCUT2D eigenvalue weighted by atomic mass is 16.5. The molecule has 0 saturated carbocycles. The van der Waals surface area contributed by atoms with Crippen LogP contribution in [0, 0.1) is 5.92 Å². The Kier molecular flexibility index (Phi) is 5.26. The zero-order chi connectivity index (χ0) is 12.0. The lowest BCUT2D eigenvalue weighted by Gasteiger charge is -2.23. The maximum atomic E-state index is 5.31. The summed E-state index contributed by atoms with van der Waals surface area (Å²) in [6, 6.07) is 4.35. The summed E-state index contributed by atoms with van der Waals surface area (Å²) in [6.07, 6.45) is 2.89. The van der Waals surface area contributed by atoms with Crippen LogP contribution in [0.1, 0.15) is 38.8 Å². The molecule has 0 aliphatic heterocycles. The first-order valence-electron chi connectivity index (χ1n) is 5.93. The lowest BCUT2D eigenvalue weighted by atomic mass is 9.97. The number of ether oxygens (including phenoxy) is 1. The van der Waals surface area contributed by atoms with Crippen molar-refractivity contribution in [2.45, 2.75) is 33.2 Å². The summed E-state index contributed by atoms with van der Waals surface area (Å²) in [5.41, 5.74) is 1.15. The second kappa shape index (κ2) is 6.48. The lowest BCUT2D eigenvalue weighted by molar-refractivity contribution is 0.359. The normalized spacial score (nSPS) is 12.8. The van der Waals surface area contributed by atoms with Gasteiger partial charge in [0.25, 0.3) is 0 Å². The van der Waals surface area contributed by atoms with Crippen molar-refractivity contribution >= 4 is 0 Å². The summed E-state index contributed by atoms with van der Waals surface area (Å²) < 4.78 is 5.31. The van der Waals surface area contributed by atoms with Gasteiger partial charge in [-0.25, -0.2) is 4.98 Å².